The Bertz CT molecular complexity index is 663. The molecule has 0 radical (unpaired) electrons. The van der Waals surface area contributed by atoms with Crippen molar-refractivity contribution < 1.29 is 8.42 Å². The first-order valence-corrected chi connectivity index (χ1v) is 9.03. The van der Waals surface area contributed by atoms with Crippen LogP contribution in [-0.4, -0.2) is 36.4 Å². The minimum Gasteiger partial charge on any atom is -0.315 e. The highest BCUT2D eigenvalue weighted by molar-refractivity contribution is 8.15. The maximum absolute atomic E-state index is 11.7. The quantitative estimate of drug-likeness (QED) is 0.856. The minimum absolute atomic E-state index is 0.0754. The molecule has 19 heavy (non-hydrogen) atoms. The second-order valence-electron chi connectivity index (χ2n) is 4.57. The number of sulfone groups is 1. The zero-order valence-corrected chi connectivity index (χ0v) is 12.8. The van der Waals surface area contributed by atoms with Crippen LogP contribution in [0.4, 0.5) is 5.69 Å². The number of nitrogens with one attached hydrogen (secondary N) is 1. The summed E-state index contributed by atoms with van der Waals surface area (Å²) in [5.41, 5.74) is 0.646. The number of hydrogen-bond donors (Lipinski definition) is 1. The van der Waals surface area contributed by atoms with Gasteiger partial charge in [-0.15, -0.1) is 0 Å². The van der Waals surface area contributed by atoms with Crippen LogP contribution in [0.25, 0.3) is 0 Å². The Kier molecular flexibility index (Phi) is 3.24. The van der Waals surface area contributed by atoms with Gasteiger partial charge in [0.1, 0.15) is 0 Å². The molecule has 0 amide bonds. The van der Waals surface area contributed by atoms with Crippen molar-refractivity contribution in [2.75, 3.05) is 16.4 Å². The number of benzene rings is 1. The molecule has 8 heteroatoms. The lowest BCUT2D eigenvalue weighted by Gasteiger charge is -2.24. The molecule has 2 fully saturated rings. The summed E-state index contributed by atoms with van der Waals surface area (Å²) in [6.45, 7) is 0. The molecular formula is C11H10Cl2N2O2S2. The van der Waals surface area contributed by atoms with Gasteiger partial charge in [0.25, 0.3) is 0 Å². The fourth-order valence-electron chi connectivity index (χ4n) is 2.47. The fraction of sp³-hybridized carbons (Fsp3) is 0.364. The van der Waals surface area contributed by atoms with Crippen molar-refractivity contribution in [2.45, 2.75) is 11.3 Å². The Hall–Kier alpha value is -0.430. The van der Waals surface area contributed by atoms with E-state index in [0.717, 1.165) is 0 Å². The number of fused-ring (bicyclic) bond motifs is 1. The number of rotatable bonds is 1. The van der Waals surface area contributed by atoms with E-state index in [9.17, 15) is 8.42 Å². The highest BCUT2D eigenvalue weighted by Crippen LogP contribution is 2.42. The lowest BCUT2D eigenvalue weighted by Crippen LogP contribution is -2.37. The zero-order chi connectivity index (χ0) is 13.8. The van der Waals surface area contributed by atoms with Crippen LogP contribution in [0.2, 0.25) is 10.0 Å². The summed E-state index contributed by atoms with van der Waals surface area (Å²) in [5.74, 6) is 0.207. The SMILES string of the molecule is N=C1S[C@H]2CS(=O)(=O)C[C@@H]2N1c1ccc(Cl)cc1Cl. The summed E-state index contributed by atoms with van der Waals surface area (Å²) in [6, 6.07) is 4.82. The number of thioether (sulfide) groups is 1. The zero-order valence-electron chi connectivity index (χ0n) is 9.64. The van der Waals surface area contributed by atoms with Gasteiger partial charge in [-0.3, -0.25) is 5.41 Å². The second kappa shape index (κ2) is 4.55. The van der Waals surface area contributed by atoms with Crippen molar-refractivity contribution in [1.29, 1.82) is 5.41 Å². The van der Waals surface area contributed by atoms with Crippen LogP contribution in [0.3, 0.4) is 0 Å². The standard InChI is InChI=1S/C11H10Cl2N2O2S2/c12-6-1-2-8(7(13)3-6)15-9-4-19(16,17)5-10(9)18-11(15)14/h1-3,9-10,14H,4-5H2/t9-,10-/m0/s1. The van der Waals surface area contributed by atoms with Gasteiger partial charge in [-0.25, -0.2) is 8.42 Å². The average molecular weight is 337 g/mol. The van der Waals surface area contributed by atoms with Gasteiger partial charge in [0.2, 0.25) is 0 Å². The number of halogens is 2. The maximum Gasteiger partial charge on any atom is 0.161 e. The van der Waals surface area contributed by atoms with Crippen molar-refractivity contribution in [3.8, 4) is 0 Å². The Morgan fingerprint density at radius 3 is 2.74 bits per heavy atom. The smallest absolute Gasteiger partial charge is 0.161 e. The van der Waals surface area contributed by atoms with Crippen LogP contribution < -0.4 is 4.90 Å². The minimum atomic E-state index is -3.02. The van der Waals surface area contributed by atoms with Crippen LogP contribution in [0.15, 0.2) is 18.2 Å². The van der Waals surface area contributed by atoms with E-state index >= 15 is 0 Å². The molecule has 2 saturated heterocycles. The summed E-state index contributed by atoms with van der Waals surface area (Å²) >= 11 is 13.3. The molecule has 0 bridgehead atoms. The van der Waals surface area contributed by atoms with Crippen LogP contribution in [0.1, 0.15) is 0 Å². The first kappa shape index (κ1) is 13.5. The largest absolute Gasteiger partial charge is 0.315 e. The lowest BCUT2D eigenvalue weighted by molar-refractivity contribution is 0.601. The van der Waals surface area contributed by atoms with E-state index in [0.29, 0.717) is 20.9 Å². The van der Waals surface area contributed by atoms with Crippen molar-refractivity contribution >= 4 is 55.7 Å². The van der Waals surface area contributed by atoms with Gasteiger partial charge in [-0.05, 0) is 18.2 Å². The van der Waals surface area contributed by atoms with Gasteiger partial charge in [-0.2, -0.15) is 0 Å². The number of hydrogen-bond acceptors (Lipinski definition) is 4. The predicted octanol–water partition coefficient (Wildman–Crippen LogP) is 2.65. The fourth-order valence-corrected chi connectivity index (χ4v) is 6.75. The van der Waals surface area contributed by atoms with Gasteiger partial charge in [0, 0.05) is 10.3 Å². The van der Waals surface area contributed by atoms with E-state index in [1.165, 1.54) is 11.8 Å². The Labute approximate surface area is 125 Å². The average Bonchev–Trinajstić information content (AvgIpc) is 2.70. The van der Waals surface area contributed by atoms with E-state index < -0.39 is 9.84 Å². The van der Waals surface area contributed by atoms with E-state index in [1.54, 1.807) is 23.1 Å². The molecule has 4 nitrogen and oxygen atoms in total. The van der Waals surface area contributed by atoms with Crippen LogP contribution in [0, 0.1) is 5.41 Å². The first-order valence-electron chi connectivity index (χ1n) is 5.57. The third kappa shape index (κ3) is 2.35. The van der Waals surface area contributed by atoms with Crippen LogP contribution in [-0.2, 0) is 9.84 Å². The van der Waals surface area contributed by atoms with Crippen molar-refractivity contribution in [2.24, 2.45) is 0 Å². The molecule has 0 aliphatic carbocycles. The summed E-state index contributed by atoms with van der Waals surface area (Å²) in [7, 11) is -3.02. The van der Waals surface area contributed by atoms with Crippen molar-refractivity contribution in [3.63, 3.8) is 0 Å². The second-order valence-corrected chi connectivity index (χ2v) is 8.80. The Morgan fingerprint density at radius 2 is 2.05 bits per heavy atom. The van der Waals surface area contributed by atoms with Gasteiger partial charge < -0.3 is 4.90 Å². The molecule has 1 N–H and O–H groups in total. The third-order valence-electron chi connectivity index (χ3n) is 3.25. The number of amidine groups is 1. The molecule has 2 atom stereocenters. The summed E-state index contributed by atoms with van der Waals surface area (Å²) in [4.78, 5) is 1.71. The summed E-state index contributed by atoms with van der Waals surface area (Å²) in [6.07, 6.45) is 0. The normalized spacial score (nSPS) is 28.7. The van der Waals surface area contributed by atoms with E-state index in [1.807, 2.05) is 0 Å². The molecule has 0 spiro atoms. The molecule has 1 aromatic carbocycles. The van der Waals surface area contributed by atoms with Crippen molar-refractivity contribution in [3.05, 3.63) is 28.2 Å². The Morgan fingerprint density at radius 1 is 1.32 bits per heavy atom. The highest BCUT2D eigenvalue weighted by atomic mass is 35.5. The van der Waals surface area contributed by atoms with E-state index in [-0.39, 0.29) is 22.8 Å². The predicted molar refractivity (Wildman–Crippen MR) is 80.5 cm³/mol. The molecule has 2 aliphatic rings. The molecule has 2 aliphatic heterocycles. The molecular weight excluding hydrogens is 327 g/mol. The Balaban J connectivity index is 2.02. The van der Waals surface area contributed by atoms with E-state index in [4.69, 9.17) is 28.6 Å². The number of anilines is 1. The molecule has 0 unspecified atom stereocenters. The summed E-state index contributed by atoms with van der Waals surface area (Å²) < 4.78 is 23.4. The molecule has 102 valence electrons. The van der Waals surface area contributed by atoms with Gasteiger partial charge in [0.15, 0.2) is 15.0 Å². The van der Waals surface area contributed by atoms with Crippen molar-refractivity contribution in [1.82, 2.24) is 0 Å². The number of nitrogens with zero attached hydrogens (tertiary/aromatic N) is 1. The third-order valence-corrected chi connectivity index (χ3v) is 6.92. The summed E-state index contributed by atoms with van der Waals surface area (Å²) in [5, 5.41) is 9.24. The van der Waals surface area contributed by atoms with Crippen LogP contribution >= 0.6 is 35.0 Å². The molecule has 0 aromatic heterocycles. The molecule has 1 aromatic rings. The van der Waals surface area contributed by atoms with Gasteiger partial charge >= 0.3 is 0 Å². The van der Waals surface area contributed by atoms with Crippen LogP contribution in [0.5, 0.6) is 0 Å². The van der Waals surface area contributed by atoms with E-state index in [2.05, 4.69) is 0 Å². The molecule has 0 saturated carbocycles. The maximum atomic E-state index is 11.7. The molecule has 2 heterocycles. The highest BCUT2D eigenvalue weighted by Gasteiger charge is 2.49. The lowest BCUT2D eigenvalue weighted by atomic mass is 10.2. The van der Waals surface area contributed by atoms with Gasteiger partial charge in [0.05, 0.1) is 28.3 Å². The molecule has 3 rings (SSSR count). The topological polar surface area (TPSA) is 61.2 Å². The van der Waals surface area contributed by atoms with Gasteiger partial charge in [-0.1, -0.05) is 35.0 Å². The monoisotopic (exact) mass is 336 g/mol. The first-order chi connectivity index (χ1) is 8.87.